The molecule has 1 aliphatic carbocycles. The molecular formula is C24H24N2O5. The Morgan fingerprint density at radius 2 is 1.68 bits per heavy atom. The summed E-state index contributed by atoms with van der Waals surface area (Å²) < 4.78 is 5.44. The van der Waals surface area contributed by atoms with Crippen molar-refractivity contribution >= 4 is 6.09 Å². The average Bonchev–Trinajstić information content (AvgIpc) is 3.11. The summed E-state index contributed by atoms with van der Waals surface area (Å²) in [5.41, 5.74) is 4.28. The zero-order valence-electron chi connectivity index (χ0n) is 16.8. The molecule has 1 heterocycles. The molecule has 4 rings (SSSR count). The van der Waals surface area contributed by atoms with Gasteiger partial charge in [-0.15, -0.1) is 0 Å². The number of aromatic nitrogens is 1. The Labute approximate surface area is 179 Å². The van der Waals surface area contributed by atoms with Gasteiger partial charge in [-0.3, -0.25) is 4.79 Å². The first-order valence-electron chi connectivity index (χ1n) is 10.2. The van der Waals surface area contributed by atoms with Crippen LogP contribution in [0.4, 0.5) is 4.79 Å². The maximum absolute atomic E-state index is 12.2. The van der Waals surface area contributed by atoms with Gasteiger partial charge in [0.2, 0.25) is 0 Å². The van der Waals surface area contributed by atoms with E-state index in [9.17, 15) is 19.8 Å². The summed E-state index contributed by atoms with van der Waals surface area (Å²) in [4.78, 5) is 26.6. The standard InChI is InChI=1S/C24H24N2O5/c27-21-9-11-25-13-19(21)23(29)22(28)10-12-26-24(30)31-14-20-17-7-3-1-5-15(17)16-6-2-4-8-18(16)20/h1-9,11,13,20,22-23,28-29H,10,12,14H2,(H,25,27)(H,26,30). The van der Waals surface area contributed by atoms with E-state index in [2.05, 4.69) is 22.4 Å². The second kappa shape index (κ2) is 9.16. The predicted octanol–water partition coefficient (Wildman–Crippen LogP) is 2.70. The summed E-state index contributed by atoms with van der Waals surface area (Å²) in [6.45, 7) is 0.296. The lowest BCUT2D eigenvalue weighted by atomic mass is 9.98. The summed E-state index contributed by atoms with van der Waals surface area (Å²) in [6.07, 6.45) is -0.258. The highest BCUT2D eigenvalue weighted by Crippen LogP contribution is 2.44. The number of nitrogens with one attached hydrogen (secondary N) is 2. The molecule has 160 valence electrons. The quantitative estimate of drug-likeness (QED) is 0.470. The molecule has 0 bridgehead atoms. The first-order chi connectivity index (χ1) is 15.1. The van der Waals surface area contributed by atoms with Gasteiger partial charge in [-0.1, -0.05) is 48.5 Å². The van der Waals surface area contributed by atoms with Crippen molar-refractivity contribution < 1.29 is 19.7 Å². The molecule has 3 aromatic rings. The molecule has 2 aromatic carbocycles. The summed E-state index contributed by atoms with van der Waals surface area (Å²) in [5.74, 6) is -0.0321. The maximum atomic E-state index is 12.2. The van der Waals surface area contributed by atoms with Crippen LogP contribution in [-0.2, 0) is 4.74 Å². The van der Waals surface area contributed by atoms with Crippen molar-refractivity contribution in [3.63, 3.8) is 0 Å². The van der Waals surface area contributed by atoms with Gasteiger partial charge in [0.25, 0.3) is 0 Å². The molecule has 0 spiro atoms. The van der Waals surface area contributed by atoms with Crippen LogP contribution in [0.2, 0.25) is 0 Å². The van der Waals surface area contributed by atoms with Crippen LogP contribution in [0.3, 0.4) is 0 Å². The first kappa shape index (κ1) is 20.8. The number of benzene rings is 2. The molecule has 1 aliphatic rings. The maximum Gasteiger partial charge on any atom is 0.407 e. The molecule has 7 heteroatoms. The molecule has 1 amide bonds. The molecule has 31 heavy (non-hydrogen) atoms. The fourth-order valence-corrected chi connectivity index (χ4v) is 4.00. The molecule has 0 radical (unpaired) electrons. The Balaban J connectivity index is 1.29. The summed E-state index contributed by atoms with van der Waals surface area (Å²) in [7, 11) is 0. The van der Waals surface area contributed by atoms with Crippen molar-refractivity contribution in [1.29, 1.82) is 0 Å². The molecule has 0 saturated heterocycles. The number of fused-ring (bicyclic) bond motifs is 3. The third kappa shape index (κ3) is 4.38. The number of carbonyl (C=O) groups is 1. The van der Waals surface area contributed by atoms with Crippen LogP contribution >= 0.6 is 0 Å². The van der Waals surface area contributed by atoms with Gasteiger partial charge in [0.1, 0.15) is 12.7 Å². The van der Waals surface area contributed by atoms with Crippen LogP contribution in [-0.4, -0.2) is 40.5 Å². The minimum absolute atomic E-state index is 0.0321. The number of aliphatic hydroxyl groups is 2. The molecule has 4 N–H and O–H groups in total. The number of hydrogen-bond acceptors (Lipinski definition) is 5. The molecule has 0 saturated carbocycles. The van der Waals surface area contributed by atoms with Gasteiger partial charge in [-0.05, 0) is 28.7 Å². The van der Waals surface area contributed by atoms with E-state index < -0.39 is 18.3 Å². The van der Waals surface area contributed by atoms with Gasteiger partial charge in [0.15, 0.2) is 5.43 Å². The molecule has 1 aromatic heterocycles. The lowest BCUT2D eigenvalue weighted by Gasteiger charge is -2.18. The topological polar surface area (TPSA) is 112 Å². The third-order valence-corrected chi connectivity index (χ3v) is 5.59. The van der Waals surface area contributed by atoms with Crippen molar-refractivity contribution in [2.45, 2.75) is 24.5 Å². The number of aliphatic hydroxyl groups excluding tert-OH is 2. The van der Waals surface area contributed by atoms with Crippen LogP contribution in [0, 0.1) is 0 Å². The van der Waals surface area contributed by atoms with Crippen molar-refractivity contribution in [2.24, 2.45) is 0 Å². The first-order valence-corrected chi connectivity index (χ1v) is 10.2. The number of alkyl carbamates (subject to hydrolysis) is 1. The summed E-state index contributed by atoms with van der Waals surface area (Å²) in [5, 5.41) is 22.9. The predicted molar refractivity (Wildman–Crippen MR) is 116 cm³/mol. The number of hydrogen-bond donors (Lipinski definition) is 4. The molecule has 7 nitrogen and oxygen atoms in total. The van der Waals surface area contributed by atoms with Crippen molar-refractivity contribution in [3.05, 3.63) is 93.9 Å². The van der Waals surface area contributed by atoms with E-state index in [4.69, 9.17) is 4.74 Å². The monoisotopic (exact) mass is 420 g/mol. The Morgan fingerprint density at radius 3 is 2.32 bits per heavy atom. The second-order valence-corrected chi connectivity index (χ2v) is 7.52. The fourth-order valence-electron chi connectivity index (χ4n) is 4.00. The van der Waals surface area contributed by atoms with Gasteiger partial charge in [-0.25, -0.2) is 4.79 Å². The highest BCUT2D eigenvalue weighted by atomic mass is 16.5. The van der Waals surface area contributed by atoms with Crippen LogP contribution in [0.1, 0.15) is 35.1 Å². The number of H-pyrrole nitrogens is 1. The number of carbonyl (C=O) groups excluding carboxylic acids is 1. The average molecular weight is 420 g/mol. The van der Waals surface area contributed by atoms with Crippen LogP contribution in [0.5, 0.6) is 0 Å². The van der Waals surface area contributed by atoms with Gasteiger partial charge >= 0.3 is 6.09 Å². The Morgan fingerprint density at radius 1 is 1.03 bits per heavy atom. The van der Waals surface area contributed by atoms with Gasteiger partial charge in [-0.2, -0.15) is 0 Å². The Kier molecular flexibility index (Phi) is 6.16. The minimum atomic E-state index is -1.34. The fraction of sp³-hybridized carbons (Fsp3) is 0.250. The molecule has 2 unspecified atom stereocenters. The van der Waals surface area contributed by atoms with Gasteiger partial charge in [0.05, 0.1) is 6.10 Å². The highest BCUT2D eigenvalue weighted by molar-refractivity contribution is 5.79. The largest absolute Gasteiger partial charge is 0.449 e. The minimum Gasteiger partial charge on any atom is -0.449 e. The third-order valence-electron chi connectivity index (χ3n) is 5.59. The Bertz CT molecular complexity index is 1080. The number of rotatable bonds is 7. The van der Waals surface area contributed by atoms with E-state index >= 15 is 0 Å². The molecular weight excluding hydrogens is 396 g/mol. The SMILES string of the molecule is O=C(NCCC(O)C(O)c1c[nH]ccc1=O)OCC1c2ccccc2-c2ccccc21. The lowest BCUT2D eigenvalue weighted by molar-refractivity contribution is 0.0129. The molecule has 2 atom stereocenters. The van der Waals surface area contributed by atoms with E-state index in [1.165, 1.54) is 18.5 Å². The normalized spacial score (nSPS) is 14.4. The summed E-state index contributed by atoms with van der Waals surface area (Å²) in [6, 6.07) is 17.4. The number of pyridine rings is 1. The summed E-state index contributed by atoms with van der Waals surface area (Å²) >= 11 is 0. The van der Waals surface area contributed by atoms with E-state index in [0.717, 1.165) is 22.3 Å². The van der Waals surface area contributed by atoms with Crippen molar-refractivity contribution in [3.8, 4) is 11.1 Å². The second-order valence-electron chi connectivity index (χ2n) is 7.52. The van der Waals surface area contributed by atoms with Gasteiger partial charge < -0.3 is 25.3 Å². The van der Waals surface area contributed by atoms with E-state index in [0.29, 0.717) is 0 Å². The smallest absolute Gasteiger partial charge is 0.407 e. The van der Waals surface area contributed by atoms with Crippen LogP contribution in [0.15, 0.2) is 71.8 Å². The van der Waals surface area contributed by atoms with Crippen molar-refractivity contribution in [1.82, 2.24) is 10.3 Å². The van der Waals surface area contributed by atoms with E-state index in [1.54, 1.807) is 0 Å². The van der Waals surface area contributed by atoms with E-state index in [-0.39, 0.29) is 36.5 Å². The molecule has 0 fully saturated rings. The number of amides is 1. The van der Waals surface area contributed by atoms with Gasteiger partial charge in [0, 0.05) is 36.5 Å². The lowest BCUT2D eigenvalue weighted by Crippen LogP contribution is -2.31. The number of aromatic amines is 1. The zero-order chi connectivity index (χ0) is 21.8. The molecule has 0 aliphatic heterocycles. The number of ether oxygens (including phenoxy) is 1. The Hall–Kier alpha value is -3.42. The zero-order valence-corrected chi connectivity index (χ0v) is 16.8. The van der Waals surface area contributed by atoms with Crippen molar-refractivity contribution in [2.75, 3.05) is 13.2 Å². The van der Waals surface area contributed by atoms with E-state index in [1.807, 2.05) is 36.4 Å². The van der Waals surface area contributed by atoms with Crippen LogP contribution in [0.25, 0.3) is 11.1 Å². The van der Waals surface area contributed by atoms with Crippen LogP contribution < -0.4 is 10.7 Å². The highest BCUT2D eigenvalue weighted by Gasteiger charge is 2.29.